The fourth-order valence-corrected chi connectivity index (χ4v) is 1.96. The molecule has 0 saturated carbocycles. The summed E-state index contributed by atoms with van der Waals surface area (Å²) in [6.45, 7) is 0. The maximum Gasteiger partial charge on any atom is 0.150 e. The first-order valence-corrected chi connectivity index (χ1v) is 7.60. The van der Waals surface area contributed by atoms with Gasteiger partial charge < -0.3 is 0 Å². The highest BCUT2D eigenvalue weighted by Gasteiger charge is 1.89. The summed E-state index contributed by atoms with van der Waals surface area (Å²) < 4.78 is 0. The lowest BCUT2D eigenvalue weighted by Crippen LogP contribution is -1.78. The first-order chi connectivity index (χ1) is 11.8. The van der Waals surface area contributed by atoms with Crippen molar-refractivity contribution in [2.24, 2.45) is 0 Å². The van der Waals surface area contributed by atoms with Crippen molar-refractivity contribution in [1.29, 1.82) is 0 Å². The number of hydrogen-bond acceptors (Lipinski definition) is 2. The summed E-state index contributed by atoms with van der Waals surface area (Å²) in [4.78, 5) is 21.1. The Kier molecular flexibility index (Phi) is 6.91. The van der Waals surface area contributed by atoms with E-state index < -0.39 is 0 Å². The van der Waals surface area contributed by atoms with E-state index >= 15 is 0 Å². The van der Waals surface area contributed by atoms with Crippen molar-refractivity contribution in [3.05, 3.63) is 107 Å². The van der Waals surface area contributed by atoms with Crippen molar-refractivity contribution in [2.45, 2.75) is 0 Å². The topological polar surface area (TPSA) is 34.1 Å². The molecule has 0 aliphatic heterocycles. The van der Waals surface area contributed by atoms with Gasteiger partial charge in [0.2, 0.25) is 0 Å². The number of carbonyl (C=O) groups is 2. The van der Waals surface area contributed by atoms with Crippen LogP contribution in [-0.4, -0.2) is 12.6 Å². The zero-order valence-electron chi connectivity index (χ0n) is 13.2. The maximum absolute atomic E-state index is 10.6. The molecular weight excluding hydrogens is 296 g/mol. The minimum Gasteiger partial charge on any atom is -0.298 e. The van der Waals surface area contributed by atoms with Gasteiger partial charge in [0.25, 0.3) is 0 Å². The summed E-state index contributed by atoms with van der Waals surface area (Å²) in [5, 5.41) is 0. The molecule has 0 atom stereocenters. The van der Waals surface area contributed by atoms with Crippen LogP contribution in [0.2, 0.25) is 0 Å². The highest BCUT2D eigenvalue weighted by Crippen LogP contribution is 2.05. The van der Waals surface area contributed by atoms with E-state index in [0.29, 0.717) is 11.1 Å². The van der Waals surface area contributed by atoms with E-state index in [1.807, 2.05) is 72.9 Å². The maximum atomic E-state index is 10.6. The average Bonchev–Trinajstić information content (AvgIpc) is 2.65. The minimum absolute atomic E-state index is 0.679. The molecule has 0 bridgehead atoms. The van der Waals surface area contributed by atoms with Crippen molar-refractivity contribution in [1.82, 2.24) is 0 Å². The van der Waals surface area contributed by atoms with Crippen LogP contribution in [0, 0.1) is 0 Å². The van der Waals surface area contributed by atoms with E-state index in [-0.39, 0.29) is 0 Å². The lowest BCUT2D eigenvalue weighted by Gasteiger charge is -1.92. The Morgan fingerprint density at radius 1 is 0.417 bits per heavy atom. The fourth-order valence-electron chi connectivity index (χ4n) is 1.96. The van der Waals surface area contributed by atoms with Crippen LogP contribution in [0.3, 0.4) is 0 Å². The molecule has 0 unspecified atom stereocenters. The van der Waals surface area contributed by atoms with Gasteiger partial charge in [-0.05, 0) is 11.1 Å². The molecule has 2 aromatic rings. The van der Waals surface area contributed by atoms with Crippen molar-refractivity contribution < 1.29 is 9.59 Å². The molecule has 2 rings (SSSR count). The van der Waals surface area contributed by atoms with Gasteiger partial charge in [0, 0.05) is 11.1 Å². The van der Waals surface area contributed by atoms with Gasteiger partial charge in [-0.2, -0.15) is 0 Å². The highest BCUT2D eigenvalue weighted by molar-refractivity contribution is 5.75. The second-order valence-electron chi connectivity index (χ2n) is 5.06. The van der Waals surface area contributed by atoms with Gasteiger partial charge in [-0.1, -0.05) is 97.1 Å². The van der Waals surface area contributed by atoms with E-state index in [1.165, 1.54) is 0 Å². The van der Waals surface area contributed by atoms with Gasteiger partial charge in [-0.15, -0.1) is 0 Å². The molecule has 0 N–H and O–H groups in total. The van der Waals surface area contributed by atoms with Gasteiger partial charge in [0.1, 0.15) is 12.6 Å². The highest BCUT2D eigenvalue weighted by atomic mass is 16.1. The molecule has 2 heteroatoms. The second kappa shape index (κ2) is 9.70. The summed E-state index contributed by atoms with van der Waals surface area (Å²) in [5.74, 6) is 0. The number of hydrogen-bond donors (Lipinski definition) is 0. The fraction of sp³-hybridized carbons (Fsp3) is 0. The summed E-state index contributed by atoms with van der Waals surface area (Å²) >= 11 is 0. The van der Waals surface area contributed by atoms with Crippen molar-refractivity contribution in [3.63, 3.8) is 0 Å². The van der Waals surface area contributed by atoms with Gasteiger partial charge in [-0.25, -0.2) is 0 Å². The van der Waals surface area contributed by atoms with E-state index in [4.69, 9.17) is 0 Å². The molecule has 0 aliphatic carbocycles. The largest absolute Gasteiger partial charge is 0.298 e. The Hall–Kier alpha value is -3.26. The normalized spacial score (nSPS) is 11.8. The SMILES string of the molecule is O=Cc1ccc(/C=C/C=C/C=C/C=C/c2ccc(C=O)cc2)cc1. The van der Waals surface area contributed by atoms with Crippen molar-refractivity contribution in [3.8, 4) is 0 Å². The van der Waals surface area contributed by atoms with E-state index in [2.05, 4.69) is 0 Å². The lowest BCUT2D eigenvalue weighted by atomic mass is 10.1. The van der Waals surface area contributed by atoms with Gasteiger partial charge >= 0.3 is 0 Å². The molecule has 0 spiro atoms. The number of benzene rings is 2. The first-order valence-electron chi connectivity index (χ1n) is 7.60. The summed E-state index contributed by atoms with van der Waals surface area (Å²) in [5.41, 5.74) is 3.46. The Morgan fingerprint density at radius 3 is 1.04 bits per heavy atom. The van der Waals surface area contributed by atoms with Crippen molar-refractivity contribution in [2.75, 3.05) is 0 Å². The molecule has 0 aliphatic rings. The smallest absolute Gasteiger partial charge is 0.150 e. The molecule has 0 saturated heterocycles. The predicted octanol–water partition coefficient (Wildman–Crippen LogP) is 5.15. The number of rotatable bonds is 7. The van der Waals surface area contributed by atoms with Crippen LogP contribution >= 0.6 is 0 Å². The predicted molar refractivity (Wildman–Crippen MR) is 100 cm³/mol. The Morgan fingerprint density at radius 2 is 0.708 bits per heavy atom. The lowest BCUT2D eigenvalue weighted by molar-refractivity contribution is 0.111. The standard InChI is InChI=1S/C22H18O2/c23-17-21-13-9-19(10-14-21)7-5-3-1-2-4-6-8-20-11-15-22(18-24)16-12-20/h1-18H/b3-1+,4-2+,7-5+,8-6+. The molecule has 2 nitrogen and oxygen atoms in total. The molecule has 24 heavy (non-hydrogen) atoms. The third kappa shape index (κ3) is 5.85. The molecule has 0 aromatic heterocycles. The Labute approximate surface area is 142 Å². The quantitative estimate of drug-likeness (QED) is 0.523. The number of aldehydes is 2. The van der Waals surface area contributed by atoms with Crippen LogP contribution in [0.15, 0.2) is 85.0 Å². The zero-order chi connectivity index (χ0) is 17.0. The van der Waals surface area contributed by atoms with Crippen LogP contribution in [0.5, 0.6) is 0 Å². The molecule has 0 heterocycles. The first kappa shape index (κ1) is 17.1. The summed E-state index contributed by atoms with van der Waals surface area (Å²) in [7, 11) is 0. The van der Waals surface area contributed by atoms with Crippen LogP contribution in [0.4, 0.5) is 0 Å². The summed E-state index contributed by atoms with van der Waals surface area (Å²) in [6, 6.07) is 14.8. The Balaban J connectivity index is 1.80. The van der Waals surface area contributed by atoms with Crippen LogP contribution in [-0.2, 0) is 0 Å². The van der Waals surface area contributed by atoms with Crippen LogP contribution in [0.25, 0.3) is 12.2 Å². The van der Waals surface area contributed by atoms with Crippen LogP contribution < -0.4 is 0 Å². The van der Waals surface area contributed by atoms with Gasteiger partial charge in [0.15, 0.2) is 0 Å². The average molecular weight is 314 g/mol. The molecule has 0 fully saturated rings. The third-order valence-electron chi connectivity index (χ3n) is 3.28. The molecule has 2 aromatic carbocycles. The van der Waals surface area contributed by atoms with Gasteiger partial charge in [0.05, 0.1) is 0 Å². The van der Waals surface area contributed by atoms with E-state index in [0.717, 1.165) is 23.7 Å². The summed E-state index contributed by atoms with van der Waals surface area (Å²) in [6.07, 6.45) is 17.3. The number of allylic oxidation sites excluding steroid dienone is 6. The second-order valence-corrected chi connectivity index (χ2v) is 5.06. The molecule has 118 valence electrons. The molecule has 0 radical (unpaired) electrons. The third-order valence-corrected chi connectivity index (χ3v) is 3.28. The van der Waals surface area contributed by atoms with E-state index in [1.54, 1.807) is 24.3 Å². The van der Waals surface area contributed by atoms with Crippen molar-refractivity contribution >= 4 is 24.7 Å². The Bertz CT molecular complexity index is 704. The zero-order valence-corrected chi connectivity index (χ0v) is 13.2. The molecule has 0 amide bonds. The van der Waals surface area contributed by atoms with Gasteiger partial charge in [-0.3, -0.25) is 9.59 Å². The molecular formula is C22H18O2. The van der Waals surface area contributed by atoms with Crippen LogP contribution in [0.1, 0.15) is 31.8 Å². The monoisotopic (exact) mass is 314 g/mol. The van der Waals surface area contributed by atoms with E-state index in [9.17, 15) is 9.59 Å². The minimum atomic E-state index is 0.679. The number of carbonyl (C=O) groups excluding carboxylic acids is 2.